The van der Waals surface area contributed by atoms with Crippen LogP contribution in [0.25, 0.3) is 0 Å². The monoisotopic (exact) mass is 231 g/mol. The van der Waals surface area contributed by atoms with Crippen LogP contribution in [0.5, 0.6) is 0 Å². The third-order valence-electron chi connectivity index (χ3n) is 3.87. The zero-order valence-corrected chi connectivity index (χ0v) is 9.80. The third kappa shape index (κ3) is 1.93. The molecule has 2 atom stereocenters. The molecule has 2 fully saturated rings. The van der Waals surface area contributed by atoms with Crippen molar-refractivity contribution in [3.8, 4) is 0 Å². The smallest absolute Gasteiger partial charge is 0.254 e. The number of piperidine rings is 1. The molecule has 90 valence electrons. The van der Waals surface area contributed by atoms with E-state index in [-0.39, 0.29) is 5.91 Å². The topological polar surface area (TPSA) is 45.2 Å². The first kappa shape index (κ1) is 10.7. The van der Waals surface area contributed by atoms with Gasteiger partial charge < -0.3 is 10.2 Å². The van der Waals surface area contributed by atoms with Crippen molar-refractivity contribution in [2.45, 2.75) is 18.9 Å². The number of hydrogen-bond donors (Lipinski definition) is 1. The van der Waals surface area contributed by atoms with Gasteiger partial charge in [-0.05, 0) is 30.9 Å². The second-order valence-corrected chi connectivity index (χ2v) is 4.86. The summed E-state index contributed by atoms with van der Waals surface area (Å²) in [7, 11) is 0. The Balaban J connectivity index is 1.81. The predicted molar refractivity (Wildman–Crippen MR) is 64.7 cm³/mol. The van der Waals surface area contributed by atoms with Gasteiger partial charge in [0, 0.05) is 43.6 Å². The summed E-state index contributed by atoms with van der Waals surface area (Å²) >= 11 is 0. The number of rotatable bonds is 1. The minimum absolute atomic E-state index is 0.158. The number of nitrogens with zero attached hydrogens (tertiary/aromatic N) is 2. The SMILES string of the molecule is O=C(c1ccncc1)N1CCCC2CNCC21. The Kier molecular flexibility index (Phi) is 2.81. The summed E-state index contributed by atoms with van der Waals surface area (Å²) in [4.78, 5) is 18.4. The van der Waals surface area contributed by atoms with Crippen LogP contribution in [0.1, 0.15) is 23.2 Å². The van der Waals surface area contributed by atoms with Crippen LogP contribution in [0.2, 0.25) is 0 Å². The number of amides is 1. The maximum Gasteiger partial charge on any atom is 0.254 e. The zero-order chi connectivity index (χ0) is 11.7. The largest absolute Gasteiger partial charge is 0.334 e. The summed E-state index contributed by atoms with van der Waals surface area (Å²) in [6, 6.07) is 3.99. The standard InChI is InChI=1S/C13H17N3O/c17-13(10-3-5-14-6-4-10)16-7-1-2-11-8-15-9-12(11)16/h3-6,11-12,15H,1-2,7-9H2. The van der Waals surface area contributed by atoms with E-state index in [9.17, 15) is 4.79 Å². The first-order valence-corrected chi connectivity index (χ1v) is 6.28. The summed E-state index contributed by atoms with van der Waals surface area (Å²) in [6.45, 7) is 2.90. The highest BCUT2D eigenvalue weighted by atomic mass is 16.2. The van der Waals surface area contributed by atoms with E-state index in [1.54, 1.807) is 24.5 Å². The van der Waals surface area contributed by atoms with Gasteiger partial charge in [-0.2, -0.15) is 0 Å². The first-order chi connectivity index (χ1) is 8.36. The molecule has 2 aliphatic rings. The Morgan fingerprint density at radius 1 is 1.35 bits per heavy atom. The van der Waals surface area contributed by atoms with Crippen molar-refractivity contribution in [1.29, 1.82) is 0 Å². The number of likely N-dealkylation sites (tertiary alicyclic amines) is 1. The summed E-state index contributed by atoms with van der Waals surface area (Å²) in [5.41, 5.74) is 0.757. The predicted octanol–water partition coefficient (Wildman–Crippen LogP) is 0.906. The van der Waals surface area contributed by atoms with E-state index < -0.39 is 0 Å². The Labute approximate surface area is 101 Å². The van der Waals surface area contributed by atoms with E-state index in [1.807, 2.05) is 4.90 Å². The number of aromatic nitrogens is 1. The van der Waals surface area contributed by atoms with E-state index in [0.29, 0.717) is 12.0 Å². The van der Waals surface area contributed by atoms with Crippen molar-refractivity contribution in [2.75, 3.05) is 19.6 Å². The summed E-state index contributed by atoms with van der Waals surface area (Å²) in [6.07, 6.45) is 5.74. The lowest BCUT2D eigenvalue weighted by Gasteiger charge is -2.37. The number of carbonyl (C=O) groups excluding carboxylic acids is 1. The van der Waals surface area contributed by atoms with Gasteiger partial charge in [-0.25, -0.2) is 0 Å². The van der Waals surface area contributed by atoms with Gasteiger partial charge in [0.05, 0.1) is 0 Å². The van der Waals surface area contributed by atoms with E-state index in [4.69, 9.17) is 0 Å². The van der Waals surface area contributed by atoms with Crippen LogP contribution in [0.3, 0.4) is 0 Å². The Morgan fingerprint density at radius 3 is 3.00 bits per heavy atom. The van der Waals surface area contributed by atoms with E-state index >= 15 is 0 Å². The molecular formula is C13H17N3O. The molecule has 2 unspecified atom stereocenters. The molecule has 0 spiro atoms. The van der Waals surface area contributed by atoms with Crippen molar-refractivity contribution in [1.82, 2.24) is 15.2 Å². The fourth-order valence-electron chi connectivity index (χ4n) is 2.98. The molecule has 0 aliphatic carbocycles. The summed E-state index contributed by atoms with van der Waals surface area (Å²) < 4.78 is 0. The summed E-state index contributed by atoms with van der Waals surface area (Å²) in [5, 5.41) is 3.39. The van der Waals surface area contributed by atoms with E-state index in [1.165, 1.54) is 6.42 Å². The first-order valence-electron chi connectivity index (χ1n) is 6.28. The highest BCUT2D eigenvalue weighted by molar-refractivity contribution is 5.94. The molecule has 0 aromatic carbocycles. The van der Waals surface area contributed by atoms with Gasteiger partial charge in [0.1, 0.15) is 0 Å². The second kappa shape index (κ2) is 4.45. The van der Waals surface area contributed by atoms with Crippen molar-refractivity contribution in [3.63, 3.8) is 0 Å². The molecule has 2 saturated heterocycles. The molecule has 1 aromatic heterocycles. The average Bonchev–Trinajstić information content (AvgIpc) is 2.87. The molecule has 1 N–H and O–H groups in total. The van der Waals surface area contributed by atoms with Crippen molar-refractivity contribution in [3.05, 3.63) is 30.1 Å². The third-order valence-corrected chi connectivity index (χ3v) is 3.87. The number of carbonyl (C=O) groups is 1. The molecular weight excluding hydrogens is 214 g/mol. The molecule has 1 amide bonds. The Hall–Kier alpha value is -1.42. The Morgan fingerprint density at radius 2 is 2.18 bits per heavy atom. The molecule has 3 heterocycles. The van der Waals surface area contributed by atoms with Gasteiger partial charge in [-0.1, -0.05) is 0 Å². The molecule has 0 radical (unpaired) electrons. The fraction of sp³-hybridized carbons (Fsp3) is 0.538. The number of fused-ring (bicyclic) bond motifs is 1. The molecule has 2 aliphatic heterocycles. The minimum Gasteiger partial charge on any atom is -0.334 e. The maximum absolute atomic E-state index is 12.4. The normalized spacial score (nSPS) is 27.9. The lowest BCUT2D eigenvalue weighted by atomic mass is 9.91. The molecule has 4 heteroatoms. The molecule has 0 saturated carbocycles. The average molecular weight is 231 g/mol. The summed E-state index contributed by atoms with van der Waals surface area (Å²) in [5.74, 6) is 0.806. The number of nitrogens with one attached hydrogen (secondary N) is 1. The number of hydrogen-bond acceptors (Lipinski definition) is 3. The van der Waals surface area contributed by atoms with Crippen molar-refractivity contribution >= 4 is 5.91 Å². The van der Waals surface area contributed by atoms with Crippen molar-refractivity contribution < 1.29 is 4.79 Å². The van der Waals surface area contributed by atoms with Gasteiger partial charge in [-0.15, -0.1) is 0 Å². The number of pyridine rings is 1. The fourth-order valence-corrected chi connectivity index (χ4v) is 2.98. The second-order valence-electron chi connectivity index (χ2n) is 4.86. The quantitative estimate of drug-likeness (QED) is 0.781. The highest BCUT2D eigenvalue weighted by Crippen LogP contribution is 2.27. The van der Waals surface area contributed by atoms with Crippen LogP contribution in [0, 0.1) is 5.92 Å². The molecule has 0 bridgehead atoms. The van der Waals surface area contributed by atoms with Gasteiger partial charge in [-0.3, -0.25) is 9.78 Å². The van der Waals surface area contributed by atoms with Gasteiger partial charge in [0.15, 0.2) is 0 Å². The van der Waals surface area contributed by atoms with Gasteiger partial charge in [0.2, 0.25) is 0 Å². The maximum atomic E-state index is 12.4. The van der Waals surface area contributed by atoms with Crippen molar-refractivity contribution in [2.24, 2.45) is 5.92 Å². The molecule has 1 aromatic rings. The highest BCUT2D eigenvalue weighted by Gasteiger charge is 2.37. The minimum atomic E-state index is 0.158. The van der Waals surface area contributed by atoms with E-state index in [0.717, 1.165) is 31.6 Å². The van der Waals surface area contributed by atoms with Gasteiger partial charge in [0.25, 0.3) is 5.91 Å². The van der Waals surface area contributed by atoms with Gasteiger partial charge >= 0.3 is 0 Å². The van der Waals surface area contributed by atoms with Crippen LogP contribution in [-0.2, 0) is 0 Å². The van der Waals surface area contributed by atoms with Crippen LogP contribution in [0.4, 0.5) is 0 Å². The zero-order valence-electron chi connectivity index (χ0n) is 9.80. The lowest BCUT2D eigenvalue weighted by Crippen LogP contribution is -2.48. The van der Waals surface area contributed by atoms with Crippen LogP contribution in [0.15, 0.2) is 24.5 Å². The molecule has 4 nitrogen and oxygen atoms in total. The Bertz CT molecular complexity index is 406. The van der Waals surface area contributed by atoms with Crippen LogP contribution < -0.4 is 5.32 Å². The van der Waals surface area contributed by atoms with E-state index in [2.05, 4.69) is 10.3 Å². The van der Waals surface area contributed by atoms with Crippen LogP contribution >= 0.6 is 0 Å². The lowest BCUT2D eigenvalue weighted by molar-refractivity contribution is 0.0574. The molecule has 3 rings (SSSR count). The molecule has 17 heavy (non-hydrogen) atoms. The van der Waals surface area contributed by atoms with Crippen LogP contribution in [-0.4, -0.2) is 41.5 Å².